The predicted octanol–water partition coefficient (Wildman–Crippen LogP) is 4.09. The first-order valence-electron chi connectivity index (χ1n) is 5.21. The quantitative estimate of drug-likeness (QED) is 0.694. The lowest BCUT2D eigenvalue weighted by Gasteiger charge is -2.08. The minimum Gasteiger partial charge on any atom is -0.240 e. The number of nitrogens with zero attached hydrogens (tertiary/aromatic N) is 1. The topological polar surface area (TPSA) is 12.9 Å². The van der Waals surface area contributed by atoms with Gasteiger partial charge in [0.15, 0.2) is 0 Å². The van der Waals surface area contributed by atoms with Crippen LogP contribution in [0.5, 0.6) is 0 Å². The number of halogens is 1. The van der Waals surface area contributed by atoms with Crippen molar-refractivity contribution in [2.24, 2.45) is 5.92 Å². The number of aromatic nitrogens is 1. The van der Waals surface area contributed by atoms with E-state index in [4.69, 9.17) is 11.6 Å². The Morgan fingerprint density at radius 1 is 1.27 bits per heavy atom. The maximum atomic E-state index is 6.00. The summed E-state index contributed by atoms with van der Waals surface area (Å²) in [7, 11) is 0. The van der Waals surface area contributed by atoms with Crippen molar-refractivity contribution >= 4 is 22.4 Å². The summed E-state index contributed by atoms with van der Waals surface area (Å²) in [6, 6.07) is 10.2. The molecular formula is C13H14ClN. The van der Waals surface area contributed by atoms with Crippen LogP contribution in [0.15, 0.2) is 30.3 Å². The smallest absolute Gasteiger partial charge is 0.129 e. The SMILES string of the molecule is CC(C)Cc1nc(Cl)cc2ccccc12. The van der Waals surface area contributed by atoms with E-state index in [0.29, 0.717) is 11.1 Å². The van der Waals surface area contributed by atoms with E-state index < -0.39 is 0 Å². The predicted molar refractivity (Wildman–Crippen MR) is 65.3 cm³/mol. The number of benzene rings is 1. The van der Waals surface area contributed by atoms with Gasteiger partial charge in [-0.05, 0) is 23.8 Å². The molecule has 0 fully saturated rings. The van der Waals surface area contributed by atoms with Gasteiger partial charge < -0.3 is 0 Å². The van der Waals surface area contributed by atoms with Crippen LogP contribution in [0, 0.1) is 5.92 Å². The molecule has 2 aromatic rings. The molecule has 0 unspecified atom stereocenters. The lowest BCUT2D eigenvalue weighted by molar-refractivity contribution is 0.639. The van der Waals surface area contributed by atoms with Crippen LogP contribution in [0.3, 0.4) is 0 Å². The molecule has 2 rings (SSSR count). The molecular weight excluding hydrogens is 206 g/mol. The number of pyridine rings is 1. The Kier molecular flexibility index (Phi) is 2.92. The summed E-state index contributed by atoms with van der Waals surface area (Å²) in [5, 5.41) is 2.98. The first kappa shape index (κ1) is 10.4. The average Bonchev–Trinajstić information content (AvgIpc) is 2.16. The molecule has 1 nitrogen and oxygen atoms in total. The highest BCUT2D eigenvalue weighted by Crippen LogP contribution is 2.22. The van der Waals surface area contributed by atoms with E-state index in [0.717, 1.165) is 12.1 Å². The van der Waals surface area contributed by atoms with E-state index in [1.807, 2.05) is 18.2 Å². The van der Waals surface area contributed by atoms with E-state index in [-0.39, 0.29) is 0 Å². The Labute approximate surface area is 95.1 Å². The van der Waals surface area contributed by atoms with Crippen LogP contribution in [-0.4, -0.2) is 4.98 Å². The van der Waals surface area contributed by atoms with Crippen LogP contribution >= 0.6 is 11.6 Å². The van der Waals surface area contributed by atoms with Gasteiger partial charge in [0.1, 0.15) is 5.15 Å². The van der Waals surface area contributed by atoms with Gasteiger partial charge in [-0.15, -0.1) is 0 Å². The first-order chi connectivity index (χ1) is 7.16. The molecule has 0 aliphatic carbocycles. The number of hydrogen-bond donors (Lipinski definition) is 0. The monoisotopic (exact) mass is 219 g/mol. The Morgan fingerprint density at radius 2 is 2.00 bits per heavy atom. The Bertz CT molecular complexity index is 477. The highest BCUT2D eigenvalue weighted by Gasteiger charge is 2.06. The summed E-state index contributed by atoms with van der Waals surface area (Å²) in [6.07, 6.45) is 0.973. The highest BCUT2D eigenvalue weighted by atomic mass is 35.5. The van der Waals surface area contributed by atoms with E-state index in [2.05, 4.69) is 31.0 Å². The van der Waals surface area contributed by atoms with Crippen molar-refractivity contribution in [3.05, 3.63) is 41.2 Å². The largest absolute Gasteiger partial charge is 0.240 e. The van der Waals surface area contributed by atoms with Gasteiger partial charge >= 0.3 is 0 Å². The maximum Gasteiger partial charge on any atom is 0.129 e. The van der Waals surface area contributed by atoms with E-state index in [9.17, 15) is 0 Å². The third-order valence-electron chi connectivity index (χ3n) is 2.39. The van der Waals surface area contributed by atoms with Gasteiger partial charge in [-0.25, -0.2) is 4.98 Å². The Morgan fingerprint density at radius 3 is 2.73 bits per heavy atom. The zero-order chi connectivity index (χ0) is 10.8. The molecule has 0 N–H and O–H groups in total. The molecule has 1 aromatic carbocycles. The van der Waals surface area contributed by atoms with Gasteiger partial charge in [-0.3, -0.25) is 0 Å². The van der Waals surface area contributed by atoms with Crippen molar-refractivity contribution in [2.45, 2.75) is 20.3 Å². The Balaban J connectivity index is 2.60. The second kappa shape index (κ2) is 4.19. The number of hydrogen-bond acceptors (Lipinski definition) is 1. The third-order valence-corrected chi connectivity index (χ3v) is 2.58. The zero-order valence-corrected chi connectivity index (χ0v) is 9.75. The van der Waals surface area contributed by atoms with Crippen molar-refractivity contribution in [2.75, 3.05) is 0 Å². The van der Waals surface area contributed by atoms with Crippen LogP contribution in [0.1, 0.15) is 19.5 Å². The summed E-state index contributed by atoms with van der Waals surface area (Å²) >= 11 is 6.00. The molecule has 1 heterocycles. The van der Waals surface area contributed by atoms with E-state index in [1.165, 1.54) is 10.8 Å². The molecule has 2 heteroatoms. The summed E-state index contributed by atoms with van der Waals surface area (Å²) in [5.74, 6) is 0.597. The van der Waals surface area contributed by atoms with Gasteiger partial charge in [-0.2, -0.15) is 0 Å². The van der Waals surface area contributed by atoms with Gasteiger partial charge in [0.25, 0.3) is 0 Å². The van der Waals surface area contributed by atoms with Gasteiger partial charge in [0.2, 0.25) is 0 Å². The van der Waals surface area contributed by atoms with E-state index in [1.54, 1.807) is 0 Å². The second-order valence-corrected chi connectivity index (χ2v) is 4.60. The standard InChI is InChI=1S/C13H14ClN/c1-9(2)7-12-11-6-4-3-5-10(11)8-13(14)15-12/h3-6,8-9H,7H2,1-2H3. The first-order valence-corrected chi connectivity index (χ1v) is 5.59. The lowest BCUT2D eigenvalue weighted by atomic mass is 10.0. The summed E-state index contributed by atoms with van der Waals surface area (Å²) < 4.78 is 0. The molecule has 1 aromatic heterocycles. The molecule has 0 aliphatic heterocycles. The maximum absolute atomic E-state index is 6.00. The van der Waals surface area contributed by atoms with Crippen molar-refractivity contribution < 1.29 is 0 Å². The van der Waals surface area contributed by atoms with Gasteiger partial charge in [0.05, 0.1) is 5.69 Å². The van der Waals surface area contributed by atoms with Crippen LogP contribution < -0.4 is 0 Å². The van der Waals surface area contributed by atoms with Crippen LogP contribution in [0.2, 0.25) is 5.15 Å². The van der Waals surface area contributed by atoms with Crippen LogP contribution in [0.25, 0.3) is 10.8 Å². The van der Waals surface area contributed by atoms with Gasteiger partial charge in [0, 0.05) is 5.39 Å². The molecule has 0 aliphatic rings. The van der Waals surface area contributed by atoms with E-state index >= 15 is 0 Å². The molecule has 0 bridgehead atoms. The normalized spacial score (nSPS) is 11.2. The van der Waals surface area contributed by atoms with Crippen molar-refractivity contribution in [3.63, 3.8) is 0 Å². The summed E-state index contributed by atoms with van der Waals surface area (Å²) in [4.78, 5) is 4.41. The molecule has 0 radical (unpaired) electrons. The Hall–Kier alpha value is -1.08. The van der Waals surface area contributed by atoms with Gasteiger partial charge in [-0.1, -0.05) is 49.7 Å². The number of rotatable bonds is 2. The lowest BCUT2D eigenvalue weighted by Crippen LogP contribution is -1.98. The summed E-state index contributed by atoms with van der Waals surface area (Å²) in [5.41, 5.74) is 1.10. The highest BCUT2D eigenvalue weighted by molar-refractivity contribution is 6.30. The zero-order valence-electron chi connectivity index (χ0n) is 9.00. The minimum absolute atomic E-state index is 0.587. The fourth-order valence-electron chi connectivity index (χ4n) is 1.78. The molecule has 15 heavy (non-hydrogen) atoms. The molecule has 0 amide bonds. The minimum atomic E-state index is 0.587. The molecule has 0 saturated carbocycles. The molecule has 78 valence electrons. The van der Waals surface area contributed by atoms with Crippen LogP contribution in [-0.2, 0) is 6.42 Å². The third kappa shape index (κ3) is 2.29. The fourth-order valence-corrected chi connectivity index (χ4v) is 2.00. The molecule has 0 atom stereocenters. The van der Waals surface area contributed by atoms with Crippen molar-refractivity contribution in [3.8, 4) is 0 Å². The van der Waals surface area contributed by atoms with Crippen molar-refractivity contribution in [1.29, 1.82) is 0 Å². The number of fused-ring (bicyclic) bond motifs is 1. The van der Waals surface area contributed by atoms with Crippen LogP contribution in [0.4, 0.5) is 0 Å². The second-order valence-electron chi connectivity index (χ2n) is 4.21. The fraction of sp³-hybridized carbons (Fsp3) is 0.308. The van der Waals surface area contributed by atoms with Crippen molar-refractivity contribution in [1.82, 2.24) is 4.98 Å². The molecule has 0 saturated heterocycles. The molecule has 0 spiro atoms. The average molecular weight is 220 g/mol. The summed E-state index contributed by atoms with van der Waals surface area (Å²) in [6.45, 7) is 4.38.